The van der Waals surface area contributed by atoms with Gasteiger partial charge in [-0.05, 0) is 42.5 Å². The Hall–Kier alpha value is -2.97. The maximum atomic E-state index is 13.1. The number of nitrogens with two attached hydrogens (primary N) is 2. The normalized spacial score (nSPS) is 14.1. The van der Waals surface area contributed by atoms with Crippen LogP contribution >= 0.6 is 24.4 Å². The summed E-state index contributed by atoms with van der Waals surface area (Å²) in [5.41, 5.74) is 11.5. The fourth-order valence-electron chi connectivity index (χ4n) is 3.02. The molecule has 0 fully saturated rings. The van der Waals surface area contributed by atoms with Crippen LogP contribution in [0.4, 0.5) is 0 Å². The number of aromatic hydroxyl groups is 1. The van der Waals surface area contributed by atoms with Crippen LogP contribution in [0, 0.1) is 0 Å². The molecule has 0 saturated heterocycles. The van der Waals surface area contributed by atoms with Gasteiger partial charge in [-0.2, -0.15) is 24.4 Å². The van der Waals surface area contributed by atoms with E-state index in [1.807, 2.05) is 6.26 Å². The largest absolute Gasteiger partial charge is 0.508 e. The Morgan fingerprint density at radius 1 is 0.944 bits per heavy atom. The van der Waals surface area contributed by atoms with Crippen LogP contribution in [-0.4, -0.2) is 81.7 Å². The number of phenolic OH excluding ortho intramolecular Hbond substituents is 1. The monoisotopic (exact) mass is 543 g/mol. The Kier molecular flexibility index (Phi) is 13.7. The molecular weight excluding hydrogens is 510 g/mol. The zero-order valence-corrected chi connectivity index (χ0v) is 21.5. The van der Waals surface area contributed by atoms with E-state index in [0.717, 1.165) is 0 Å². The molecule has 1 aromatic carbocycles. The fraction of sp³-hybridized carbons (Fsp3) is 0.500. The van der Waals surface area contributed by atoms with E-state index in [2.05, 4.69) is 28.6 Å². The van der Waals surface area contributed by atoms with Gasteiger partial charge >= 0.3 is 5.97 Å². The number of hydrogen-bond donors (Lipinski definition) is 8. The molecule has 200 valence electrons. The molecule has 0 aliphatic heterocycles. The Morgan fingerprint density at radius 2 is 1.50 bits per heavy atom. The molecule has 1 aromatic rings. The molecule has 0 spiro atoms. The lowest BCUT2D eigenvalue weighted by atomic mass is 10.0. The van der Waals surface area contributed by atoms with Gasteiger partial charge in [-0.15, -0.1) is 0 Å². The minimum Gasteiger partial charge on any atom is -0.508 e. The molecular formula is C22H33N5O7S2. The maximum Gasteiger partial charge on any atom is 0.327 e. The SMILES string of the molecule is CSCCC(NC(=O)C(N)CCC(N)=O)C(=O)NC(Cc1ccc(O)cc1)C(=O)NC(CS)C(=O)O. The molecule has 0 radical (unpaired) electrons. The third-order valence-corrected chi connectivity index (χ3v) is 6.10. The van der Waals surface area contributed by atoms with E-state index >= 15 is 0 Å². The number of amides is 4. The van der Waals surface area contributed by atoms with Gasteiger partial charge < -0.3 is 37.6 Å². The average molecular weight is 544 g/mol. The van der Waals surface area contributed by atoms with Gasteiger partial charge in [-0.25, -0.2) is 4.79 Å². The van der Waals surface area contributed by atoms with Gasteiger partial charge in [0.15, 0.2) is 0 Å². The highest BCUT2D eigenvalue weighted by molar-refractivity contribution is 7.98. The summed E-state index contributed by atoms with van der Waals surface area (Å²) < 4.78 is 0. The van der Waals surface area contributed by atoms with Crippen LogP contribution in [0.3, 0.4) is 0 Å². The van der Waals surface area contributed by atoms with Crippen molar-refractivity contribution in [2.75, 3.05) is 17.8 Å². The van der Waals surface area contributed by atoms with Crippen molar-refractivity contribution in [3.8, 4) is 5.75 Å². The Morgan fingerprint density at radius 3 is 2.03 bits per heavy atom. The van der Waals surface area contributed by atoms with Crippen molar-refractivity contribution in [3.63, 3.8) is 0 Å². The van der Waals surface area contributed by atoms with Crippen molar-refractivity contribution in [3.05, 3.63) is 29.8 Å². The fourth-order valence-corrected chi connectivity index (χ4v) is 3.74. The number of primary amides is 1. The number of thiol groups is 1. The van der Waals surface area contributed by atoms with Crippen molar-refractivity contribution < 1.29 is 34.2 Å². The van der Waals surface area contributed by atoms with Crippen molar-refractivity contribution in [1.82, 2.24) is 16.0 Å². The molecule has 12 nitrogen and oxygen atoms in total. The minimum atomic E-state index is -1.29. The van der Waals surface area contributed by atoms with E-state index in [0.29, 0.717) is 11.3 Å². The third-order valence-electron chi connectivity index (χ3n) is 5.09. The van der Waals surface area contributed by atoms with Crippen LogP contribution < -0.4 is 27.4 Å². The second kappa shape index (κ2) is 15.9. The maximum absolute atomic E-state index is 13.1. The number of aliphatic carboxylic acids is 1. The summed E-state index contributed by atoms with van der Waals surface area (Å²) in [6.45, 7) is 0. The summed E-state index contributed by atoms with van der Waals surface area (Å²) in [5, 5.41) is 26.2. The summed E-state index contributed by atoms with van der Waals surface area (Å²) in [6.07, 6.45) is 1.94. The Labute approximate surface area is 218 Å². The van der Waals surface area contributed by atoms with Crippen molar-refractivity contribution >= 4 is 54.0 Å². The molecule has 0 aliphatic carbocycles. The first-order valence-corrected chi connectivity index (χ1v) is 13.1. The number of carboxylic acid groups (broad SMARTS) is 1. The van der Waals surface area contributed by atoms with Crippen molar-refractivity contribution in [2.24, 2.45) is 11.5 Å². The summed E-state index contributed by atoms with van der Waals surface area (Å²) in [5.74, 6) is -3.64. The summed E-state index contributed by atoms with van der Waals surface area (Å²) in [7, 11) is 0. The number of rotatable bonds is 16. The highest BCUT2D eigenvalue weighted by atomic mass is 32.2. The number of carbonyl (C=O) groups is 5. The second-order valence-corrected chi connectivity index (χ2v) is 9.32. The lowest BCUT2D eigenvalue weighted by molar-refractivity contribution is -0.141. The van der Waals surface area contributed by atoms with Crippen LogP contribution in [0.1, 0.15) is 24.8 Å². The van der Waals surface area contributed by atoms with E-state index in [4.69, 9.17) is 11.5 Å². The summed E-state index contributed by atoms with van der Waals surface area (Å²) in [4.78, 5) is 60.8. The molecule has 0 aliphatic rings. The molecule has 0 aromatic heterocycles. The molecule has 9 N–H and O–H groups in total. The van der Waals surface area contributed by atoms with Crippen LogP contribution in [0.2, 0.25) is 0 Å². The number of nitrogens with one attached hydrogen (secondary N) is 3. The van der Waals surface area contributed by atoms with Crippen molar-refractivity contribution in [2.45, 2.75) is 49.9 Å². The van der Waals surface area contributed by atoms with Gasteiger partial charge in [0.2, 0.25) is 23.6 Å². The molecule has 1 rings (SSSR count). The Bertz CT molecular complexity index is 917. The van der Waals surface area contributed by atoms with E-state index in [9.17, 15) is 34.2 Å². The zero-order chi connectivity index (χ0) is 27.3. The molecule has 4 unspecified atom stereocenters. The lowest BCUT2D eigenvalue weighted by Gasteiger charge is -2.25. The van der Waals surface area contributed by atoms with E-state index in [1.54, 1.807) is 12.1 Å². The zero-order valence-electron chi connectivity index (χ0n) is 19.8. The molecule has 0 saturated carbocycles. The number of carboxylic acids is 1. The molecule has 4 amide bonds. The van der Waals surface area contributed by atoms with Crippen LogP contribution in [-0.2, 0) is 30.4 Å². The standard InChI is InChI=1S/C22H33N5O7S2/c1-36-9-8-15(25-19(30)14(23)6-7-18(24)29)20(31)26-16(10-12-2-4-13(28)5-3-12)21(32)27-17(11-35)22(33)34/h2-5,14-17,28,35H,6-11,23H2,1H3,(H2,24,29)(H,25,30)(H,26,31)(H,27,32)(H,33,34). The van der Waals surface area contributed by atoms with Gasteiger partial charge in [0, 0.05) is 18.6 Å². The van der Waals surface area contributed by atoms with E-state index in [-0.39, 0.29) is 37.2 Å². The predicted molar refractivity (Wildman–Crippen MR) is 138 cm³/mol. The smallest absolute Gasteiger partial charge is 0.327 e. The number of thioether (sulfide) groups is 1. The second-order valence-electron chi connectivity index (χ2n) is 7.97. The first kappa shape index (κ1) is 31.1. The Balaban J connectivity index is 3.06. The quantitative estimate of drug-likeness (QED) is 0.117. The van der Waals surface area contributed by atoms with Gasteiger partial charge in [0.05, 0.1) is 6.04 Å². The summed E-state index contributed by atoms with van der Waals surface area (Å²) >= 11 is 5.38. The first-order chi connectivity index (χ1) is 17.0. The van der Waals surface area contributed by atoms with Crippen LogP contribution in [0.5, 0.6) is 5.75 Å². The highest BCUT2D eigenvalue weighted by Gasteiger charge is 2.30. The number of benzene rings is 1. The third kappa shape index (κ3) is 11.2. The number of hydrogen-bond acceptors (Lipinski definition) is 9. The molecule has 4 atom stereocenters. The number of carbonyl (C=O) groups excluding carboxylic acids is 4. The molecule has 0 bridgehead atoms. The molecule has 36 heavy (non-hydrogen) atoms. The topological polar surface area (TPSA) is 214 Å². The lowest BCUT2D eigenvalue weighted by Crippen LogP contribution is -2.58. The molecule has 14 heteroatoms. The highest BCUT2D eigenvalue weighted by Crippen LogP contribution is 2.12. The molecule has 0 heterocycles. The minimum absolute atomic E-state index is 0.00419. The predicted octanol–water partition coefficient (Wildman–Crippen LogP) is -1.25. The van der Waals surface area contributed by atoms with Crippen LogP contribution in [0.15, 0.2) is 24.3 Å². The van der Waals surface area contributed by atoms with Crippen molar-refractivity contribution in [1.29, 1.82) is 0 Å². The van der Waals surface area contributed by atoms with Gasteiger partial charge in [-0.1, -0.05) is 12.1 Å². The van der Waals surface area contributed by atoms with Crippen LogP contribution in [0.25, 0.3) is 0 Å². The van der Waals surface area contributed by atoms with E-state index in [1.165, 1.54) is 23.9 Å². The van der Waals surface area contributed by atoms with Gasteiger partial charge in [-0.3, -0.25) is 19.2 Å². The van der Waals surface area contributed by atoms with E-state index < -0.39 is 53.8 Å². The van der Waals surface area contributed by atoms with Gasteiger partial charge in [0.25, 0.3) is 0 Å². The first-order valence-electron chi connectivity index (χ1n) is 11.0. The number of phenols is 1. The average Bonchev–Trinajstić information content (AvgIpc) is 2.83. The van der Waals surface area contributed by atoms with Gasteiger partial charge in [0.1, 0.15) is 23.9 Å². The summed E-state index contributed by atoms with van der Waals surface area (Å²) in [6, 6.07) is 1.35.